The van der Waals surface area contributed by atoms with E-state index in [0.717, 1.165) is 11.6 Å². The predicted molar refractivity (Wildman–Crippen MR) is 101 cm³/mol. The molecule has 1 N–H and O–H groups in total. The van der Waals surface area contributed by atoms with E-state index in [1.54, 1.807) is 12.1 Å². The zero-order valence-electron chi connectivity index (χ0n) is 14.7. The van der Waals surface area contributed by atoms with Gasteiger partial charge in [-0.2, -0.15) is 0 Å². The van der Waals surface area contributed by atoms with Crippen LogP contribution in [0.15, 0.2) is 41.3 Å². The van der Waals surface area contributed by atoms with Gasteiger partial charge in [0.1, 0.15) is 10.8 Å². The van der Waals surface area contributed by atoms with Crippen molar-refractivity contribution in [3.63, 3.8) is 0 Å². The summed E-state index contributed by atoms with van der Waals surface area (Å²) >= 11 is 5.74. The molecule has 2 aromatic carbocycles. The van der Waals surface area contributed by atoms with E-state index in [4.69, 9.17) is 16.3 Å². The van der Waals surface area contributed by atoms with Crippen molar-refractivity contribution in [2.24, 2.45) is 0 Å². The maximum atomic E-state index is 12.7. The first-order valence-electron chi connectivity index (χ1n) is 7.61. The summed E-state index contributed by atoms with van der Waals surface area (Å²) in [5, 5.41) is 10.9. The number of methoxy groups -OCH3 is 1. The van der Waals surface area contributed by atoms with Crippen LogP contribution in [-0.2, 0) is 15.4 Å². The molecule has 0 saturated heterocycles. The summed E-state index contributed by atoms with van der Waals surface area (Å²) in [5.74, 6) is 0.338. The Kier molecular flexibility index (Phi) is 5.48. The highest BCUT2D eigenvalue weighted by atomic mass is 35.5. The van der Waals surface area contributed by atoms with Gasteiger partial charge in [-0.1, -0.05) is 38.4 Å². The summed E-state index contributed by atoms with van der Waals surface area (Å²) in [6.45, 7) is 5.99. The molecule has 0 aliphatic carbocycles. The highest BCUT2D eigenvalue weighted by Crippen LogP contribution is 2.34. The number of ether oxygens (including phenoxy) is 1. The fourth-order valence-electron chi connectivity index (χ4n) is 2.26. The molecule has 0 aliphatic rings. The molecule has 0 bridgehead atoms. The molecule has 0 aliphatic heterocycles. The molecule has 26 heavy (non-hydrogen) atoms. The maximum absolute atomic E-state index is 12.7. The molecule has 0 aromatic heterocycles. The monoisotopic (exact) mass is 398 g/mol. The van der Waals surface area contributed by atoms with Crippen molar-refractivity contribution in [3.8, 4) is 5.75 Å². The SMILES string of the molecule is COc1ccc(C(C)(C)C)cc1NS(=O)(=O)c1ccc(Cl)c([N+](=O)[O-])c1. The summed E-state index contributed by atoms with van der Waals surface area (Å²) in [5.41, 5.74) is 0.464. The Morgan fingerprint density at radius 1 is 1.15 bits per heavy atom. The van der Waals surface area contributed by atoms with Crippen LogP contribution in [0.2, 0.25) is 5.02 Å². The molecule has 2 aromatic rings. The Morgan fingerprint density at radius 2 is 1.81 bits per heavy atom. The molecule has 0 unspecified atom stereocenters. The molecule has 0 atom stereocenters. The van der Waals surface area contributed by atoms with E-state index in [1.807, 2.05) is 26.8 Å². The van der Waals surface area contributed by atoms with Gasteiger partial charge in [0.25, 0.3) is 15.7 Å². The Bertz CT molecular complexity index is 952. The van der Waals surface area contributed by atoms with E-state index < -0.39 is 20.6 Å². The first kappa shape index (κ1) is 20.0. The summed E-state index contributed by atoms with van der Waals surface area (Å²) < 4.78 is 33.0. The number of nitro benzene ring substituents is 1. The largest absolute Gasteiger partial charge is 0.495 e. The lowest BCUT2D eigenvalue weighted by Crippen LogP contribution is -2.16. The first-order chi connectivity index (χ1) is 12.0. The Labute approximate surface area is 157 Å². The van der Waals surface area contributed by atoms with Crippen molar-refractivity contribution in [1.29, 1.82) is 0 Å². The highest BCUT2D eigenvalue weighted by Gasteiger charge is 2.23. The number of sulfonamides is 1. The average Bonchev–Trinajstić information content (AvgIpc) is 2.53. The number of hydrogen-bond acceptors (Lipinski definition) is 5. The minimum absolute atomic E-state index is 0.138. The lowest BCUT2D eigenvalue weighted by Gasteiger charge is -2.21. The summed E-state index contributed by atoms with van der Waals surface area (Å²) in [6.07, 6.45) is 0. The number of nitrogens with one attached hydrogen (secondary N) is 1. The summed E-state index contributed by atoms with van der Waals surface area (Å²) in [4.78, 5) is 10.00. The van der Waals surface area contributed by atoms with Gasteiger partial charge in [0.2, 0.25) is 0 Å². The third-order valence-electron chi connectivity index (χ3n) is 3.73. The fourth-order valence-corrected chi connectivity index (χ4v) is 3.52. The lowest BCUT2D eigenvalue weighted by atomic mass is 9.87. The van der Waals surface area contributed by atoms with E-state index in [1.165, 1.54) is 19.2 Å². The molecule has 9 heteroatoms. The minimum atomic E-state index is -4.07. The highest BCUT2D eigenvalue weighted by molar-refractivity contribution is 7.92. The smallest absolute Gasteiger partial charge is 0.289 e. The molecule has 0 fully saturated rings. The topological polar surface area (TPSA) is 98.5 Å². The van der Waals surface area contributed by atoms with Crippen LogP contribution in [0.3, 0.4) is 0 Å². The molecular weight excluding hydrogens is 380 g/mol. The third kappa shape index (κ3) is 4.25. The molecular formula is C17H19ClN2O5S. The van der Waals surface area contributed by atoms with Crippen LogP contribution in [0.25, 0.3) is 0 Å². The number of benzene rings is 2. The Morgan fingerprint density at radius 3 is 2.35 bits per heavy atom. The second-order valence-electron chi connectivity index (χ2n) is 6.64. The van der Waals surface area contributed by atoms with Crippen LogP contribution in [0.5, 0.6) is 5.75 Å². The normalized spacial score (nSPS) is 11.9. The number of nitrogens with zero attached hydrogens (tertiary/aromatic N) is 1. The van der Waals surface area contributed by atoms with Crippen LogP contribution in [0, 0.1) is 10.1 Å². The summed E-state index contributed by atoms with van der Waals surface area (Å²) in [6, 6.07) is 8.51. The fraction of sp³-hybridized carbons (Fsp3) is 0.294. The molecule has 140 valence electrons. The molecule has 0 amide bonds. The molecule has 0 heterocycles. The molecule has 7 nitrogen and oxygen atoms in total. The van der Waals surface area contributed by atoms with Gasteiger partial charge in [0.15, 0.2) is 0 Å². The lowest BCUT2D eigenvalue weighted by molar-refractivity contribution is -0.384. The van der Waals surface area contributed by atoms with E-state index in [0.29, 0.717) is 5.75 Å². The standard InChI is InChI=1S/C17H19ClN2O5S/c1-17(2,3)11-5-8-16(25-4)14(9-11)19-26(23,24)12-6-7-13(18)15(10-12)20(21)22/h5-10,19H,1-4H3. The zero-order valence-corrected chi connectivity index (χ0v) is 16.3. The van der Waals surface area contributed by atoms with E-state index in [2.05, 4.69) is 4.72 Å². The van der Waals surface area contributed by atoms with Crippen LogP contribution < -0.4 is 9.46 Å². The molecule has 0 radical (unpaired) electrons. The number of anilines is 1. The van der Waals surface area contributed by atoms with Gasteiger partial charge in [-0.05, 0) is 35.2 Å². The van der Waals surface area contributed by atoms with Crippen LogP contribution in [0.4, 0.5) is 11.4 Å². The van der Waals surface area contributed by atoms with Gasteiger partial charge in [-0.3, -0.25) is 14.8 Å². The second-order valence-corrected chi connectivity index (χ2v) is 8.73. The van der Waals surface area contributed by atoms with Crippen molar-refractivity contribution in [2.75, 3.05) is 11.8 Å². The van der Waals surface area contributed by atoms with E-state index in [-0.39, 0.29) is 21.0 Å². The van der Waals surface area contributed by atoms with Gasteiger partial charge in [-0.25, -0.2) is 8.42 Å². The van der Waals surface area contributed by atoms with E-state index >= 15 is 0 Å². The van der Waals surface area contributed by atoms with Crippen molar-refractivity contribution in [3.05, 3.63) is 57.1 Å². The van der Waals surface area contributed by atoms with Crippen molar-refractivity contribution < 1.29 is 18.1 Å². The van der Waals surface area contributed by atoms with Gasteiger partial charge in [-0.15, -0.1) is 0 Å². The van der Waals surface area contributed by atoms with E-state index in [9.17, 15) is 18.5 Å². The van der Waals surface area contributed by atoms with Gasteiger partial charge in [0, 0.05) is 6.07 Å². The van der Waals surface area contributed by atoms with Gasteiger partial charge in [0.05, 0.1) is 22.6 Å². The van der Waals surface area contributed by atoms with Crippen LogP contribution >= 0.6 is 11.6 Å². The second kappa shape index (κ2) is 7.13. The predicted octanol–water partition coefficient (Wildman–Crippen LogP) is 4.36. The van der Waals surface area contributed by atoms with Crippen molar-refractivity contribution in [2.45, 2.75) is 31.1 Å². The summed E-state index contributed by atoms with van der Waals surface area (Å²) in [7, 11) is -2.65. The zero-order chi connectivity index (χ0) is 19.7. The van der Waals surface area contributed by atoms with Crippen LogP contribution in [-0.4, -0.2) is 20.5 Å². The Balaban J connectivity index is 2.50. The van der Waals surface area contributed by atoms with Gasteiger partial charge < -0.3 is 4.74 Å². The van der Waals surface area contributed by atoms with Crippen molar-refractivity contribution >= 4 is 33.0 Å². The number of rotatable bonds is 5. The van der Waals surface area contributed by atoms with Gasteiger partial charge >= 0.3 is 0 Å². The molecule has 0 spiro atoms. The minimum Gasteiger partial charge on any atom is -0.495 e. The maximum Gasteiger partial charge on any atom is 0.289 e. The number of halogens is 1. The number of hydrogen-bond donors (Lipinski definition) is 1. The Hall–Kier alpha value is -2.32. The molecule has 2 rings (SSSR count). The van der Waals surface area contributed by atoms with Crippen LogP contribution in [0.1, 0.15) is 26.3 Å². The average molecular weight is 399 g/mol. The number of nitro groups is 1. The van der Waals surface area contributed by atoms with Crippen molar-refractivity contribution in [1.82, 2.24) is 0 Å². The first-order valence-corrected chi connectivity index (χ1v) is 9.47. The quantitative estimate of drug-likeness (QED) is 0.596. The molecule has 0 saturated carbocycles. The third-order valence-corrected chi connectivity index (χ3v) is 5.42.